The quantitative estimate of drug-likeness (QED) is 0.376. The molecule has 6 N–H and O–H groups in total. The summed E-state index contributed by atoms with van der Waals surface area (Å²) < 4.78 is 0. The van der Waals surface area contributed by atoms with Gasteiger partial charge in [-0.1, -0.05) is 0 Å². The summed E-state index contributed by atoms with van der Waals surface area (Å²) in [6, 6.07) is -0.408. The maximum atomic E-state index is 9.38. The highest BCUT2D eigenvalue weighted by Crippen LogP contribution is 2.07. The largest absolute Gasteiger partial charge is 0.389 e. The molecule has 0 aliphatic carbocycles. The molecule has 1 rings (SSSR count). The van der Waals surface area contributed by atoms with Crippen LogP contribution in [0.3, 0.4) is 0 Å². The van der Waals surface area contributed by atoms with Gasteiger partial charge in [-0.15, -0.1) is 24.8 Å². The van der Waals surface area contributed by atoms with Crippen molar-refractivity contribution < 1.29 is 10.2 Å². The third-order valence-electron chi connectivity index (χ3n) is 2.02. The maximum Gasteiger partial charge on any atom is 0.0993 e. The second-order valence-corrected chi connectivity index (χ2v) is 2.90. The van der Waals surface area contributed by atoms with Gasteiger partial charge < -0.3 is 15.9 Å². The van der Waals surface area contributed by atoms with Gasteiger partial charge in [0.1, 0.15) is 0 Å². The molecule has 0 unspecified atom stereocenters. The maximum absolute atomic E-state index is 9.38. The first-order valence-corrected chi connectivity index (χ1v) is 3.74. The van der Waals surface area contributed by atoms with E-state index in [1.54, 1.807) is 6.92 Å². The molecule has 82 valence electrons. The van der Waals surface area contributed by atoms with Crippen LogP contribution in [0.2, 0.25) is 0 Å². The van der Waals surface area contributed by atoms with Crippen molar-refractivity contribution in [2.75, 3.05) is 6.54 Å². The lowest BCUT2D eigenvalue weighted by molar-refractivity contribution is -0.0510. The highest BCUT2D eigenvalue weighted by molar-refractivity contribution is 5.85. The summed E-state index contributed by atoms with van der Waals surface area (Å²) in [6.07, 6.45) is -1.53. The lowest BCUT2D eigenvalue weighted by atomic mass is 9.99. The molecule has 1 saturated heterocycles. The standard InChI is InChI=1S/C6H15N3O2.2ClH/c1-3-5(10)6(11)4(2-7)9-8-3;;/h3-6,8-11H,2,7H2,1H3;2*1H/t3-,4-,5+,6-;;/m0../s1. The number of rotatable bonds is 1. The number of aliphatic hydroxyl groups is 2. The number of nitrogens with one attached hydrogen (secondary N) is 2. The molecule has 0 bridgehead atoms. The van der Waals surface area contributed by atoms with Crippen LogP contribution in [-0.2, 0) is 0 Å². The van der Waals surface area contributed by atoms with Crippen molar-refractivity contribution in [3.63, 3.8) is 0 Å². The predicted octanol–water partition coefficient (Wildman–Crippen LogP) is -1.62. The fraction of sp³-hybridized carbons (Fsp3) is 1.00. The summed E-state index contributed by atoms with van der Waals surface area (Å²) in [4.78, 5) is 0. The van der Waals surface area contributed by atoms with Crippen LogP contribution in [0.15, 0.2) is 0 Å². The predicted molar refractivity (Wildman–Crippen MR) is 55.1 cm³/mol. The van der Waals surface area contributed by atoms with E-state index in [2.05, 4.69) is 10.9 Å². The van der Waals surface area contributed by atoms with Gasteiger partial charge >= 0.3 is 0 Å². The summed E-state index contributed by atoms with van der Waals surface area (Å²) in [7, 11) is 0. The van der Waals surface area contributed by atoms with Gasteiger partial charge in [0.05, 0.1) is 18.2 Å². The molecular formula is C6H17Cl2N3O2. The number of halogens is 2. The average Bonchev–Trinajstić information content (AvgIpc) is 2.01. The normalized spacial score (nSPS) is 38.8. The molecule has 0 amide bonds. The number of aliphatic hydroxyl groups excluding tert-OH is 2. The van der Waals surface area contributed by atoms with Crippen molar-refractivity contribution in [3.8, 4) is 0 Å². The molecule has 13 heavy (non-hydrogen) atoms. The summed E-state index contributed by atoms with van der Waals surface area (Å²) in [5.74, 6) is 0. The molecule has 1 fully saturated rings. The Morgan fingerprint density at radius 3 is 2.15 bits per heavy atom. The van der Waals surface area contributed by atoms with Crippen molar-refractivity contribution in [2.24, 2.45) is 5.73 Å². The van der Waals surface area contributed by atoms with Crippen LogP contribution < -0.4 is 16.6 Å². The smallest absolute Gasteiger partial charge is 0.0993 e. The van der Waals surface area contributed by atoms with Gasteiger partial charge in [-0.3, -0.25) is 10.9 Å². The molecule has 7 heteroatoms. The topological polar surface area (TPSA) is 90.5 Å². The Kier molecular flexibility index (Phi) is 8.26. The van der Waals surface area contributed by atoms with E-state index >= 15 is 0 Å². The molecule has 4 atom stereocenters. The highest BCUT2D eigenvalue weighted by Gasteiger charge is 2.33. The van der Waals surface area contributed by atoms with E-state index in [4.69, 9.17) is 5.73 Å². The van der Waals surface area contributed by atoms with Gasteiger partial charge in [0, 0.05) is 12.6 Å². The lowest BCUT2D eigenvalue weighted by Gasteiger charge is -2.37. The zero-order chi connectivity index (χ0) is 8.43. The van der Waals surface area contributed by atoms with E-state index in [9.17, 15) is 10.2 Å². The van der Waals surface area contributed by atoms with Crippen molar-refractivity contribution in [3.05, 3.63) is 0 Å². The Bertz CT molecular complexity index is 139. The van der Waals surface area contributed by atoms with Gasteiger partial charge in [-0.25, -0.2) is 0 Å². The fourth-order valence-corrected chi connectivity index (χ4v) is 1.14. The first kappa shape index (κ1) is 15.8. The van der Waals surface area contributed by atoms with Gasteiger partial charge in [-0.2, -0.15) is 0 Å². The van der Waals surface area contributed by atoms with Crippen molar-refractivity contribution in [1.29, 1.82) is 0 Å². The van der Waals surface area contributed by atoms with Gasteiger partial charge in [-0.05, 0) is 6.92 Å². The van der Waals surface area contributed by atoms with E-state index in [0.29, 0.717) is 6.54 Å². The Morgan fingerprint density at radius 1 is 1.15 bits per heavy atom. The minimum absolute atomic E-state index is 0. The van der Waals surface area contributed by atoms with Crippen molar-refractivity contribution in [2.45, 2.75) is 31.2 Å². The summed E-state index contributed by atoms with van der Waals surface area (Å²) in [5, 5.41) is 18.7. The third-order valence-corrected chi connectivity index (χ3v) is 2.02. The molecule has 1 aliphatic heterocycles. The highest BCUT2D eigenvalue weighted by atomic mass is 35.5. The van der Waals surface area contributed by atoms with Crippen LogP contribution in [-0.4, -0.2) is 41.0 Å². The molecule has 5 nitrogen and oxygen atoms in total. The number of hydrogen-bond acceptors (Lipinski definition) is 5. The first-order chi connectivity index (χ1) is 5.16. The van der Waals surface area contributed by atoms with Crippen LogP contribution in [0, 0.1) is 0 Å². The fourth-order valence-electron chi connectivity index (χ4n) is 1.14. The molecular weight excluding hydrogens is 217 g/mol. The van der Waals surface area contributed by atoms with E-state index in [1.165, 1.54) is 0 Å². The van der Waals surface area contributed by atoms with Crippen LogP contribution in [0.4, 0.5) is 0 Å². The first-order valence-electron chi connectivity index (χ1n) is 3.74. The molecule has 0 aromatic rings. The zero-order valence-electron chi connectivity index (χ0n) is 7.30. The SMILES string of the molecule is C[C@@H]1NN[C@@H](CN)[C@H](O)[C@@H]1O.Cl.Cl. The molecule has 0 aromatic carbocycles. The second kappa shape index (κ2) is 6.78. The minimum Gasteiger partial charge on any atom is -0.389 e. The summed E-state index contributed by atoms with van der Waals surface area (Å²) in [5.41, 5.74) is 11.0. The molecule has 0 saturated carbocycles. The molecule has 0 spiro atoms. The van der Waals surface area contributed by atoms with Gasteiger partial charge in [0.15, 0.2) is 0 Å². The molecule has 0 radical (unpaired) electrons. The lowest BCUT2D eigenvalue weighted by Crippen LogP contribution is -2.66. The summed E-state index contributed by atoms with van der Waals surface area (Å²) >= 11 is 0. The number of hydrazine groups is 1. The van der Waals surface area contributed by atoms with Gasteiger partial charge in [0.2, 0.25) is 0 Å². The Balaban J connectivity index is 0. The van der Waals surface area contributed by atoms with E-state index in [1.807, 2.05) is 0 Å². The summed E-state index contributed by atoms with van der Waals surface area (Å²) in [6.45, 7) is 2.09. The monoisotopic (exact) mass is 233 g/mol. The number of hydrogen-bond donors (Lipinski definition) is 5. The van der Waals surface area contributed by atoms with Crippen molar-refractivity contribution in [1.82, 2.24) is 10.9 Å². The minimum atomic E-state index is -0.781. The van der Waals surface area contributed by atoms with E-state index < -0.39 is 12.2 Å². The van der Waals surface area contributed by atoms with Crippen LogP contribution in [0.1, 0.15) is 6.92 Å². The Hall–Kier alpha value is 0.380. The van der Waals surface area contributed by atoms with Crippen molar-refractivity contribution >= 4 is 24.8 Å². The Labute approximate surface area is 89.9 Å². The zero-order valence-corrected chi connectivity index (χ0v) is 8.94. The van der Waals surface area contributed by atoms with Crippen LogP contribution in [0.25, 0.3) is 0 Å². The van der Waals surface area contributed by atoms with E-state index in [0.717, 1.165) is 0 Å². The number of nitrogens with two attached hydrogens (primary N) is 1. The Morgan fingerprint density at radius 2 is 1.69 bits per heavy atom. The molecule has 0 aromatic heterocycles. The van der Waals surface area contributed by atoms with Crippen LogP contribution in [0.5, 0.6) is 0 Å². The molecule has 1 heterocycles. The second-order valence-electron chi connectivity index (χ2n) is 2.90. The van der Waals surface area contributed by atoms with Gasteiger partial charge in [0.25, 0.3) is 0 Å². The average molecular weight is 234 g/mol. The van der Waals surface area contributed by atoms with E-state index in [-0.39, 0.29) is 36.9 Å². The third kappa shape index (κ3) is 3.55. The molecule has 1 aliphatic rings. The van der Waals surface area contributed by atoms with Crippen LogP contribution >= 0.6 is 24.8 Å².